The Balaban J connectivity index is 1.55. The highest BCUT2D eigenvalue weighted by Gasteiger charge is 2.15. The number of nitrogens with zero attached hydrogens (tertiary/aromatic N) is 4. The number of carbonyl (C=O) groups is 1. The number of hydrogen-bond donors (Lipinski definition) is 1. The normalized spacial score (nSPS) is 10.7. The number of halogens is 1. The van der Waals surface area contributed by atoms with Crippen molar-refractivity contribution < 1.29 is 18.4 Å². The predicted octanol–water partition coefficient (Wildman–Crippen LogP) is 3.06. The molecule has 0 radical (unpaired) electrons. The van der Waals surface area contributed by atoms with E-state index >= 15 is 0 Å². The second-order valence-electron chi connectivity index (χ2n) is 6.90. The second kappa shape index (κ2) is 8.80. The summed E-state index contributed by atoms with van der Waals surface area (Å²) >= 11 is 0. The zero-order valence-electron chi connectivity index (χ0n) is 17.2. The Labute approximate surface area is 181 Å². The molecular weight excluding hydrogens is 417 g/mol. The highest BCUT2D eigenvalue weighted by molar-refractivity contribution is 5.92. The van der Waals surface area contributed by atoms with Gasteiger partial charge in [-0.1, -0.05) is 11.2 Å². The van der Waals surface area contributed by atoms with Crippen LogP contribution in [-0.2, 0) is 11.3 Å². The minimum Gasteiger partial charge on any atom is -0.495 e. The van der Waals surface area contributed by atoms with Crippen LogP contribution in [0.5, 0.6) is 5.75 Å². The van der Waals surface area contributed by atoms with Crippen molar-refractivity contribution in [2.24, 2.45) is 0 Å². The quantitative estimate of drug-likeness (QED) is 0.495. The average molecular weight is 435 g/mol. The average Bonchev–Trinajstić information content (AvgIpc) is 3.26. The Hall–Kier alpha value is -4.34. The molecule has 0 spiro atoms. The maximum absolute atomic E-state index is 13.1. The van der Waals surface area contributed by atoms with Gasteiger partial charge in [0.2, 0.25) is 11.7 Å². The Morgan fingerprint density at radius 3 is 2.69 bits per heavy atom. The Kier molecular flexibility index (Phi) is 5.75. The summed E-state index contributed by atoms with van der Waals surface area (Å²) < 4.78 is 24.6. The molecule has 2 aromatic heterocycles. The third-order valence-electron chi connectivity index (χ3n) is 4.54. The topological polar surface area (TPSA) is 112 Å². The van der Waals surface area contributed by atoms with Gasteiger partial charge in [0.15, 0.2) is 0 Å². The molecule has 0 unspecified atom stereocenters. The third-order valence-corrected chi connectivity index (χ3v) is 4.54. The molecule has 0 saturated heterocycles. The standard InChI is InChI=1S/C22H18FN5O4/c1-13-3-9-18(31-2)17(11-13)24-19(29)12-28-20(30)10-8-16(26-28)22-25-21(27-32-22)14-4-6-15(23)7-5-14/h3-11H,12H2,1-2H3,(H,24,29). The minimum atomic E-state index is -0.474. The lowest BCUT2D eigenvalue weighted by Crippen LogP contribution is -2.29. The lowest BCUT2D eigenvalue weighted by molar-refractivity contribution is -0.117. The summed E-state index contributed by atoms with van der Waals surface area (Å²) in [4.78, 5) is 29.0. The van der Waals surface area contributed by atoms with Crippen LogP contribution in [0.1, 0.15) is 5.56 Å². The molecule has 1 amide bonds. The zero-order chi connectivity index (χ0) is 22.7. The predicted molar refractivity (Wildman–Crippen MR) is 114 cm³/mol. The van der Waals surface area contributed by atoms with E-state index in [1.165, 1.54) is 43.5 Å². The van der Waals surface area contributed by atoms with E-state index < -0.39 is 11.5 Å². The number of rotatable bonds is 6. The van der Waals surface area contributed by atoms with E-state index in [9.17, 15) is 14.0 Å². The van der Waals surface area contributed by atoms with E-state index in [2.05, 4.69) is 20.6 Å². The van der Waals surface area contributed by atoms with Crippen molar-refractivity contribution in [2.45, 2.75) is 13.5 Å². The van der Waals surface area contributed by atoms with E-state index in [-0.39, 0.29) is 29.8 Å². The van der Waals surface area contributed by atoms with Crippen LogP contribution < -0.4 is 15.6 Å². The van der Waals surface area contributed by atoms with Crippen LogP contribution in [0.15, 0.2) is 63.9 Å². The molecule has 162 valence electrons. The van der Waals surface area contributed by atoms with Gasteiger partial charge in [0, 0.05) is 11.6 Å². The van der Waals surface area contributed by atoms with Crippen LogP contribution in [0.4, 0.5) is 10.1 Å². The number of methoxy groups -OCH3 is 1. The Bertz CT molecular complexity index is 1330. The van der Waals surface area contributed by atoms with Crippen LogP contribution in [0.2, 0.25) is 0 Å². The smallest absolute Gasteiger partial charge is 0.278 e. The first kappa shape index (κ1) is 20.9. The van der Waals surface area contributed by atoms with E-state index in [0.29, 0.717) is 17.0 Å². The summed E-state index contributed by atoms with van der Waals surface area (Å²) in [6.45, 7) is 1.55. The van der Waals surface area contributed by atoms with Gasteiger partial charge in [-0.25, -0.2) is 9.07 Å². The van der Waals surface area contributed by atoms with E-state index in [0.717, 1.165) is 10.2 Å². The molecule has 0 fully saturated rings. The Morgan fingerprint density at radius 2 is 1.94 bits per heavy atom. The summed E-state index contributed by atoms with van der Waals surface area (Å²) in [5, 5.41) is 10.7. The highest BCUT2D eigenvalue weighted by Crippen LogP contribution is 2.25. The number of hydrogen-bond acceptors (Lipinski definition) is 7. The number of nitrogens with one attached hydrogen (secondary N) is 1. The van der Waals surface area contributed by atoms with Crippen molar-refractivity contribution in [3.63, 3.8) is 0 Å². The van der Waals surface area contributed by atoms with Crippen molar-refractivity contribution in [1.82, 2.24) is 19.9 Å². The van der Waals surface area contributed by atoms with Crippen molar-refractivity contribution in [1.29, 1.82) is 0 Å². The Morgan fingerprint density at radius 1 is 1.16 bits per heavy atom. The first-order valence-electron chi connectivity index (χ1n) is 9.55. The monoisotopic (exact) mass is 435 g/mol. The van der Waals surface area contributed by atoms with Crippen LogP contribution in [0.3, 0.4) is 0 Å². The third kappa shape index (κ3) is 4.53. The number of benzene rings is 2. The molecule has 32 heavy (non-hydrogen) atoms. The van der Waals surface area contributed by atoms with Gasteiger partial charge < -0.3 is 14.6 Å². The van der Waals surface area contributed by atoms with Gasteiger partial charge in [-0.3, -0.25) is 9.59 Å². The number of carbonyl (C=O) groups excluding carboxylic acids is 1. The van der Waals surface area contributed by atoms with Gasteiger partial charge in [0.1, 0.15) is 23.8 Å². The minimum absolute atomic E-state index is 0.0545. The lowest BCUT2D eigenvalue weighted by atomic mass is 10.2. The largest absolute Gasteiger partial charge is 0.495 e. The maximum atomic E-state index is 13.1. The SMILES string of the molecule is COc1ccc(C)cc1NC(=O)Cn1nc(-c2nc(-c3ccc(F)cc3)no2)ccc1=O. The molecule has 2 heterocycles. The molecule has 0 aliphatic heterocycles. The summed E-state index contributed by atoms with van der Waals surface area (Å²) in [6.07, 6.45) is 0. The van der Waals surface area contributed by atoms with E-state index in [1.54, 1.807) is 12.1 Å². The number of aromatic nitrogens is 4. The summed E-state index contributed by atoms with van der Waals surface area (Å²) in [5.74, 6) is -0.0502. The first-order chi connectivity index (χ1) is 15.4. The van der Waals surface area contributed by atoms with Crippen LogP contribution in [0.25, 0.3) is 23.0 Å². The molecule has 0 aliphatic rings. The highest BCUT2D eigenvalue weighted by atomic mass is 19.1. The van der Waals surface area contributed by atoms with Crippen molar-refractivity contribution >= 4 is 11.6 Å². The first-order valence-corrected chi connectivity index (χ1v) is 9.55. The molecular formula is C22H18FN5O4. The fourth-order valence-corrected chi connectivity index (χ4v) is 2.97. The van der Waals surface area contributed by atoms with Crippen molar-refractivity contribution in [2.75, 3.05) is 12.4 Å². The molecule has 0 bridgehead atoms. The molecule has 0 saturated carbocycles. The molecule has 9 nitrogen and oxygen atoms in total. The number of aryl methyl sites for hydroxylation is 1. The number of ether oxygens (including phenoxy) is 1. The van der Waals surface area contributed by atoms with Gasteiger partial charge >= 0.3 is 0 Å². The summed E-state index contributed by atoms with van der Waals surface area (Å²) in [5.41, 5.74) is 1.72. The maximum Gasteiger partial charge on any atom is 0.278 e. The lowest BCUT2D eigenvalue weighted by Gasteiger charge is -2.11. The van der Waals surface area contributed by atoms with Gasteiger partial charge in [-0.05, 0) is 55.0 Å². The summed E-state index contributed by atoms with van der Waals surface area (Å²) in [6, 6.07) is 13.6. The van der Waals surface area contributed by atoms with Crippen LogP contribution >= 0.6 is 0 Å². The van der Waals surface area contributed by atoms with Crippen molar-refractivity contribution in [3.05, 3.63) is 76.3 Å². The van der Waals surface area contributed by atoms with E-state index in [4.69, 9.17) is 9.26 Å². The van der Waals surface area contributed by atoms with Gasteiger partial charge in [0.25, 0.3) is 11.4 Å². The van der Waals surface area contributed by atoms with Crippen LogP contribution in [0, 0.1) is 12.7 Å². The number of amides is 1. The second-order valence-corrected chi connectivity index (χ2v) is 6.90. The van der Waals surface area contributed by atoms with Gasteiger partial charge in [-0.2, -0.15) is 10.1 Å². The number of anilines is 1. The molecule has 0 atom stereocenters. The zero-order valence-corrected chi connectivity index (χ0v) is 17.2. The molecule has 10 heteroatoms. The van der Waals surface area contributed by atoms with E-state index in [1.807, 2.05) is 13.0 Å². The van der Waals surface area contributed by atoms with Crippen molar-refractivity contribution in [3.8, 4) is 28.7 Å². The molecule has 4 aromatic rings. The van der Waals surface area contributed by atoms with Gasteiger partial charge in [-0.15, -0.1) is 0 Å². The van der Waals surface area contributed by atoms with Crippen LogP contribution in [-0.4, -0.2) is 32.9 Å². The summed E-state index contributed by atoms with van der Waals surface area (Å²) in [7, 11) is 1.50. The van der Waals surface area contributed by atoms with Gasteiger partial charge in [0.05, 0.1) is 12.8 Å². The molecule has 1 N–H and O–H groups in total. The molecule has 0 aliphatic carbocycles. The fourth-order valence-electron chi connectivity index (χ4n) is 2.97. The fraction of sp³-hybridized carbons (Fsp3) is 0.136. The molecule has 2 aromatic carbocycles. The molecule has 4 rings (SSSR count).